The van der Waals surface area contributed by atoms with Gasteiger partial charge in [-0.1, -0.05) is 43.2 Å². The minimum absolute atomic E-state index is 0.00648. The van der Waals surface area contributed by atoms with E-state index < -0.39 is 0 Å². The standard InChI is InChI=1S/C14H17NO2/c16-13-10-17-12-8-4-5-9-14(12,15-13)11-6-2-1-3-7-11/h1-3,6-7,12H,4-5,8-10H2,(H,15,16). The van der Waals surface area contributed by atoms with Crippen molar-refractivity contribution in [3.63, 3.8) is 0 Å². The van der Waals surface area contributed by atoms with Crippen LogP contribution in [0.5, 0.6) is 0 Å². The third-order valence-electron chi connectivity index (χ3n) is 3.90. The van der Waals surface area contributed by atoms with Crippen LogP contribution in [-0.4, -0.2) is 18.6 Å². The number of carbonyl (C=O) groups excluding carboxylic acids is 1. The number of hydrogen-bond acceptors (Lipinski definition) is 2. The summed E-state index contributed by atoms with van der Waals surface area (Å²) in [5.74, 6) is 0.00648. The predicted octanol–water partition coefficient (Wildman–Crippen LogP) is 1.97. The van der Waals surface area contributed by atoms with Gasteiger partial charge in [-0.3, -0.25) is 4.79 Å². The summed E-state index contributed by atoms with van der Waals surface area (Å²) < 4.78 is 5.74. The van der Waals surface area contributed by atoms with Gasteiger partial charge in [-0.25, -0.2) is 0 Å². The van der Waals surface area contributed by atoms with Crippen LogP contribution in [0.25, 0.3) is 0 Å². The number of benzene rings is 1. The van der Waals surface area contributed by atoms with Gasteiger partial charge in [0, 0.05) is 0 Å². The Kier molecular flexibility index (Phi) is 2.63. The van der Waals surface area contributed by atoms with Crippen molar-refractivity contribution >= 4 is 5.91 Å². The molecule has 0 radical (unpaired) electrons. The minimum Gasteiger partial charge on any atom is -0.366 e. The van der Waals surface area contributed by atoms with Gasteiger partial charge in [0.05, 0.1) is 11.6 Å². The quantitative estimate of drug-likeness (QED) is 0.802. The average Bonchev–Trinajstić information content (AvgIpc) is 2.39. The fraction of sp³-hybridized carbons (Fsp3) is 0.500. The highest BCUT2D eigenvalue weighted by Crippen LogP contribution is 2.40. The molecule has 1 heterocycles. The summed E-state index contributed by atoms with van der Waals surface area (Å²) in [6.45, 7) is 0.208. The number of amides is 1. The van der Waals surface area contributed by atoms with E-state index in [1.807, 2.05) is 18.2 Å². The molecule has 2 aliphatic rings. The molecule has 0 bridgehead atoms. The molecule has 3 rings (SSSR count). The van der Waals surface area contributed by atoms with Crippen LogP contribution >= 0.6 is 0 Å². The Balaban J connectivity index is 2.02. The Hall–Kier alpha value is -1.35. The number of morpholine rings is 1. The van der Waals surface area contributed by atoms with Gasteiger partial charge in [-0.2, -0.15) is 0 Å². The van der Waals surface area contributed by atoms with Gasteiger partial charge in [-0.05, 0) is 18.4 Å². The number of rotatable bonds is 1. The summed E-state index contributed by atoms with van der Waals surface area (Å²) in [7, 11) is 0. The van der Waals surface area contributed by atoms with E-state index in [0.717, 1.165) is 19.3 Å². The summed E-state index contributed by atoms with van der Waals surface area (Å²) in [5.41, 5.74) is 0.896. The molecule has 1 saturated heterocycles. The van der Waals surface area contributed by atoms with E-state index in [0.29, 0.717) is 0 Å². The number of ether oxygens (including phenoxy) is 1. The lowest BCUT2D eigenvalue weighted by molar-refractivity contribution is -0.148. The summed E-state index contributed by atoms with van der Waals surface area (Å²) in [6.07, 6.45) is 4.49. The molecule has 1 aliphatic carbocycles. The first-order chi connectivity index (χ1) is 8.31. The van der Waals surface area contributed by atoms with Crippen LogP contribution in [0.3, 0.4) is 0 Å². The zero-order valence-corrected chi connectivity index (χ0v) is 9.82. The van der Waals surface area contributed by atoms with Crippen LogP contribution in [0.2, 0.25) is 0 Å². The predicted molar refractivity (Wildman–Crippen MR) is 64.5 cm³/mol. The number of hydrogen-bond donors (Lipinski definition) is 1. The summed E-state index contributed by atoms with van der Waals surface area (Å²) >= 11 is 0. The second-order valence-corrected chi connectivity index (χ2v) is 4.93. The van der Waals surface area contributed by atoms with Crippen LogP contribution in [-0.2, 0) is 15.1 Å². The van der Waals surface area contributed by atoms with Crippen LogP contribution in [0, 0.1) is 0 Å². The molecule has 90 valence electrons. The number of fused-ring (bicyclic) bond motifs is 1. The van der Waals surface area contributed by atoms with E-state index >= 15 is 0 Å². The first-order valence-electron chi connectivity index (χ1n) is 6.29. The van der Waals surface area contributed by atoms with Crippen molar-refractivity contribution in [3.05, 3.63) is 35.9 Å². The third-order valence-corrected chi connectivity index (χ3v) is 3.90. The molecule has 17 heavy (non-hydrogen) atoms. The molecule has 0 aromatic heterocycles. The molecule has 2 fully saturated rings. The fourth-order valence-electron chi connectivity index (χ4n) is 3.11. The first kappa shape index (κ1) is 10.8. The van der Waals surface area contributed by atoms with E-state index in [-0.39, 0.29) is 24.2 Å². The molecule has 0 spiro atoms. The molecule has 1 aromatic rings. The lowest BCUT2D eigenvalue weighted by Gasteiger charge is -2.47. The largest absolute Gasteiger partial charge is 0.366 e. The van der Waals surface area contributed by atoms with Crippen LogP contribution in [0.4, 0.5) is 0 Å². The maximum Gasteiger partial charge on any atom is 0.246 e. The molecule has 1 saturated carbocycles. The van der Waals surface area contributed by atoms with Crippen LogP contribution < -0.4 is 5.32 Å². The zero-order chi connectivity index (χ0) is 11.7. The van der Waals surface area contributed by atoms with Gasteiger partial charge in [0.25, 0.3) is 0 Å². The van der Waals surface area contributed by atoms with Gasteiger partial charge in [0.1, 0.15) is 6.61 Å². The maximum atomic E-state index is 11.7. The van der Waals surface area contributed by atoms with Crippen molar-refractivity contribution < 1.29 is 9.53 Å². The van der Waals surface area contributed by atoms with Crippen molar-refractivity contribution in [1.29, 1.82) is 0 Å². The van der Waals surface area contributed by atoms with E-state index in [2.05, 4.69) is 17.4 Å². The number of nitrogens with one attached hydrogen (secondary N) is 1. The second kappa shape index (κ2) is 4.15. The Morgan fingerprint density at radius 2 is 2.06 bits per heavy atom. The Morgan fingerprint density at radius 3 is 2.88 bits per heavy atom. The molecule has 1 N–H and O–H groups in total. The highest BCUT2D eigenvalue weighted by molar-refractivity contribution is 5.79. The molecule has 3 heteroatoms. The summed E-state index contributed by atoms with van der Waals surface area (Å²) in [6, 6.07) is 10.2. The van der Waals surface area contributed by atoms with Gasteiger partial charge < -0.3 is 10.1 Å². The Labute approximate surface area is 101 Å². The molecule has 1 aliphatic heterocycles. The van der Waals surface area contributed by atoms with Gasteiger partial charge >= 0.3 is 0 Å². The SMILES string of the molecule is O=C1COC2CCCCC2(c2ccccc2)N1. The van der Waals surface area contributed by atoms with Crippen molar-refractivity contribution in [2.45, 2.75) is 37.3 Å². The smallest absolute Gasteiger partial charge is 0.246 e. The van der Waals surface area contributed by atoms with E-state index in [1.54, 1.807) is 0 Å². The monoisotopic (exact) mass is 231 g/mol. The first-order valence-corrected chi connectivity index (χ1v) is 6.29. The minimum atomic E-state index is -0.283. The van der Waals surface area contributed by atoms with E-state index in [1.165, 1.54) is 12.0 Å². The van der Waals surface area contributed by atoms with Crippen molar-refractivity contribution in [1.82, 2.24) is 5.32 Å². The maximum absolute atomic E-state index is 11.7. The Morgan fingerprint density at radius 1 is 1.24 bits per heavy atom. The highest BCUT2D eigenvalue weighted by Gasteiger charge is 2.46. The summed E-state index contributed by atoms with van der Waals surface area (Å²) in [5, 5.41) is 3.18. The zero-order valence-electron chi connectivity index (χ0n) is 9.82. The highest BCUT2D eigenvalue weighted by atomic mass is 16.5. The third kappa shape index (κ3) is 1.75. The molecule has 2 atom stereocenters. The molecule has 1 amide bonds. The molecule has 3 nitrogen and oxygen atoms in total. The Bertz CT molecular complexity index is 417. The molecular weight excluding hydrogens is 214 g/mol. The van der Waals surface area contributed by atoms with Gasteiger partial charge in [0.2, 0.25) is 5.91 Å². The van der Waals surface area contributed by atoms with Crippen LogP contribution in [0.1, 0.15) is 31.2 Å². The van der Waals surface area contributed by atoms with Crippen molar-refractivity contribution in [2.75, 3.05) is 6.61 Å². The lowest BCUT2D eigenvalue weighted by atomic mass is 9.73. The van der Waals surface area contributed by atoms with Crippen molar-refractivity contribution in [3.8, 4) is 0 Å². The fourth-order valence-corrected chi connectivity index (χ4v) is 3.11. The van der Waals surface area contributed by atoms with Gasteiger partial charge in [0.15, 0.2) is 0 Å². The number of carbonyl (C=O) groups is 1. The molecule has 2 unspecified atom stereocenters. The average molecular weight is 231 g/mol. The molecular formula is C14H17NO2. The lowest BCUT2D eigenvalue weighted by Crippen LogP contribution is -2.61. The molecule has 1 aromatic carbocycles. The van der Waals surface area contributed by atoms with Gasteiger partial charge in [-0.15, -0.1) is 0 Å². The van der Waals surface area contributed by atoms with E-state index in [4.69, 9.17) is 4.74 Å². The van der Waals surface area contributed by atoms with Crippen LogP contribution in [0.15, 0.2) is 30.3 Å². The summed E-state index contributed by atoms with van der Waals surface area (Å²) in [4.78, 5) is 11.7. The topological polar surface area (TPSA) is 38.3 Å². The van der Waals surface area contributed by atoms with E-state index in [9.17, 15) is 4.79 Å². The van der Waals surface area contributed by atoms with Crippen molar-refractivity contribution in [2.24, 2.45) is 0 Å². The normalized spacial score (nSPS) is 32.7. The second-order valence-electron chi connectivity index (χ2n) is 4.93.